The molecule has 0 aromatic heterocycles. The van der Waals surface area contributed by atoms with Crippen molar-refractivity contribution in [2.45, 2.75) is 38.3 Å². The Morgan fingerprint density at radius 3 is 2.71 bits per heavy atom. The molecule has 2 fully saturated rings. The first kappa shape index (κ1) is 14.8. The van der Waals surface area contributed by atoms with Crippen LogP contribution in [0.3, 0.4) is 0 Å². The van der Waals surface area contributed by atoms with E-state index in [9.17, 15) is 0 Å². The van der Waals surface area contributed by atoms with Gasteiger partial charge in [0, 0.05) is 30.7 Å². The van der Waals surface area contributed by atoms with Crippen LogP contribution in [-0.4, -0.2) is 42.0 Å². The molecule has 0 radical (unpaired) electrons. The highest BCUT2D eigenvalue weighted by Crippen LogP contribution is 2.24. The lowest BCUT2D eigenvalue weighted by atomic mass is 10.1. The lowest BCUT2D eigenvalue weighted by molar-refractivity contribution is 0.161. The summed E-state index contributed by atoms with van der Waals surface area (Å²) in [5.41, 5.74) is 1.77. The Morgan fingerprint density at radius 1 is 1.19 bits per heavy atom. The van der Waals surface area contributed by atoms with Crippen molar-refractivity contribution >= 4 is 11.6 Å². The fourth-order valence-electron chi connectivity index (χ4n) is 3.52. The predicted molar refractivity (Wildman–Crippen MR) is 85.3 cm³/mol. The molecule has 1 unspecified atom stereocenters. The summed E-state index contributed by atoms with van der Waals surface area (Å²) >= 11 is 6.28. The molecule has 4 heteroatoms. The Bertz CT molecular complexity index is 531. The van der Waals surface area contributed by atoms with E-state index in [1.54, 1.807) is 6.07 Å². The summed E-state index contributed by atoms with van der Waals surface area (Å²) in [6.07, 6.45) is 5.39. The second-order valence-corrected chi connectivity index (χ2v) is 6.60. The zero-order valence-electron chi connectivity index (χ0n) is 12.4. The van der Waals surface area contributed by atoms with Gasteiger partial charge < -0.3 is 0 Å². The van der Waals surface area contributed by atoms with Crippen LogP contribution in [0.15, 0.2) is 18.2 Å². The third kappa shape index (κ3) is 3.58. The van der Waals surface area contributed by atoms with Crippen LogP contribution in [0.4, 0.5) is 0 Å². The first-order chi connectivity index (χ1) is 10.3. The number of nitrogens with zero attached hydrogens (tertiary/aromatic N) is 3. The van der Waals surface area contributed by atoms with Gasteiger partial charge in [-0.25, -0.2) is 0 Å². The number of nitriles is 1. The molecule has 1 atom stereocenters. The van der Waals surface area contributed by atoms with Crippen molar-refractivity contribution in [3.63, 3.8) is 0 Å². The van der Waals surface area contributed by atoms with Crippen LogP contribution in [0, 0.1) is 11.3 Å². The standard InChI is InChI=1S/C17H22ClN3/c18-17-10-14(11-19)4-5-15(17)12-20-9-6-16(13-20)21-7-2-1-3-8-21/h4-5,10,16H,1-3,6-9,12-13H2. The molecule has 2 heterocycles. The molecule has 0 aliphatic carbocycles. The topological polar surface area (TPSA) is 30.3 Å². The van der Waals surface area contributed by atoms with Gasteiger partial charge in [0.05, 0.1) is 11.6 Å². The number of halogens is 1. The fraction of sp³-hybridized carbons (Fsp3) is 0.588. The third-order valence-corrected chi connectivity index (χ3v) is 5.08. The Hall–Kier alpha value is -1.08. The predicted octanol–water partition coefficient (Wildman–Crippen LogP) is 3.27. The number of hydrogen-bond donors (Lipinski definition) is 0. The van der Waals surface area contributed by atoms with Crippen LogP contribution in [-0.2, 0) is 6.54 Å². The number of benzene rings is 1. The minimum atomic E-state index is 0.636. The first-order valence-electron chi connectivity index (χ1n) is 7.91. The van der Waals surface area contributed by atoms with Crippen molar-refractivity contribution in [2.24, 2.45) is 0 Å². The molecule has 1 aromatic carbocycles. The van der Waals surface area contributed by atoms with Crippen LogP contribution >= 0.6 is 11.6 Å². The van der Waals surface area contributed by atoms with Crippen molar-refractivity contribution in [2.75, 3.05) is 26.2 Å². The molecule has 1 aromatic rings. The molecule has 0 bridgehead atoms. The van der Waals surface area contributed by atoms with E-state index < -0.39 is 0 Å². The molecule has 3 nitrogen and oxygen atoms in total. The van der Waals surface area contributed by atoms with Gasteiger partial charge in [0.15, 0.2) is 0 Å². The van der Waals surface area contributed by atoms with E-state index in [1.165, 1.54) is 38.8 Å². The highest BCUT2D eigenvalue weighted by molar-refractivity contribution is 6.31. The summed E-state index contributed by atoms with van der Waals surface area (Å²) < 4.78 is 0. The van der Waals surface area contributed by atoms with E-state index in [-0.39, 0.29) is 0 Å². The molecule has 0 amide bonds. The van der Waals surface area contributed by atoms with Crippen molar-refractivity contribution in [3.8, 4) is 6.07 Å². The molecule has 2 aliphatic heterocycles. The number of likely N-dealkylation sites (tertiary alicyclic amines) is 2. The number of rotatable bonds is 3. The molecule has 3 rings (SSSR count). The molecule has 112 valence electrons. The van der Waals surface area contributed by atoms with Crippen molar-refractivity contribution in [1.29, 1.82) is 5.26 Å². The number of hydrogen-bond acceptors (Lipinski definition) is 3. The Kier molecular flexibility index (Phi) is 4.80. The maximum atomic E-state index is 8.89. The number of piperidine rings is 1. The molecular formula is C17H22ClN3. The summed E-state index contributed by atoms with van der Waals surface area (Å²) in [6, 6.07) is 8.49. The van der Waals surface area contributed by atoms with Gasteiger partial charge in [-0.1, -0.05) is 24.1 Å². The molecular weight excluding hydrogens is 282 g/mol. The second kappa shape index (κ2) is 6.79. The van der Waals surface area contributed by atoms with E-state index in [0.29, 0.717) is 5.56 Å². The lowest BCUT2D eigenvalue weighted by Gasteiger charge is -2.32. The van der Waals surface area contributed by atoms with E-state index in [1.807, 2.05) is 12.1 Å². The van der Waals surface area contributed by atoms with Crippen LogP contribution in [0.5, 0.6) is 0 Å². The average Bonchev–Trinajstić information content (AvgIpc) is 2.99. The van der Waals surface area contributed by atoms with Gasteiger partial charge in [-0.3, -0.25) is 9.80 Å². The summed E-state index contributed by atoms with van der Waals surface area (Å²) in [5.74, 6) is 0. The molecule has 0 N–H and O–H groups in total. The molecule has 2 saturated heterocycles. The third-order valence-electron chi connectivity index (χ3n) is 4.73. The van der Waals surface area contributed by atoms with E-state index in [0.717, 1.165) is 36.3 Å². The molecule has 0 saturated carbocycles. The van der Waals surface area contributed by atoms with Gasteiger partial charge in [-0.2, -0.15) is 5.26 Å². The largest absolute Gasteiger partial charge is 0.299 e. The fourth-order valence-corrected chi connectivity index (χ4v) is 3.76. The van der Waals surface area contributed by atoms with Gasteiger partial charge in [0.1, 0.15) is 0 Å². The van der Waals surface area contributed by atoms with Gasteiger partial charge in [0.2, 0.25) is 0 Å². The lowest BCUT2D eigenvalue weighted by Crippen LogP contribution is -2.40. The minimum Gasteiger partial charge on any atom is -0.299 e. The van der Waals surface area contributed by atoms with Crippen LogP contribution in [0.1, 0.15) is 36.8 Å². The van der Waals surface area contributed by atoms with Gasteiger partial charge in [0.25, 0.3) is 0 Å². The van der Waals surface area contributed by atoms with Crippen LogP contribution in [0.2, 0.25) is 5.02 Å². The summed E-state index contributed by atoms with van der Waals surface area (Å²) in [7, 11) is 0. The zero-order chi connectivity index (χ0) is 14.7. The van der Waals surface area contributed by atoms with Crippen LogP contribution < -0.4 is 0 Å². The van der Waals surface area contributed by atoms with Crippen LogP contribution in [0.25, 0.3) is 0 Å². The monoisotopic (exact) mass is 303 g/mol. The summed E-state index contributed by atoms with van der Waals surface area (Å²) in [6.45, 7) is 5.75. The van der Waals surface area contributed by atoms with E-state index >= 15 is 0 Å². The van der Waals surface area contributed by atoms with Crippen molar-refractivity contribution in [3.05, 3.63) is 34.3 Å². The minimum absolute atomic E-state index is 0.636. The Labute approximate surface area is 132 Å². The zero-order valence-corrected chi connectivity index (χ0v) is 13.1. The van der Waals surface area contributed by atoms with Gasteiger partial charge in [-0.05, 0) is 50.0 Å². The van der Waals surface area contributed by atoms with E-state index in [4.69, 9.17) is 16.9 Å². The quantitative estimate of drug-likeness (QED) is 0.858. The van der Waals surface area contributed by atoms with E-state index in [2.05, 4.69) is 15.9 Å². The van der Waals surface area contributed by atoms with Crippen molar-refractivity contribution in [1.82, 2.24) is 9.80 Å². The highest BCUT2D eigenvalue weighted by atomic mass is 35.5. The second-order valence-electron chi connectivity index (χ2n) is 6.19. The molecule has 21 heavy (non-hydrogen) atoms. The Morgan fingerprint density at radius 2 is 2.00 bits per heavy atom. The average molecular weight is 304 g/mol. The smallest absolute Gasteiger partial charge is 0.0992 e. The van der Waals surface area contributed by atoms with Crippen molar-refractivity contribution < 1.29 is 0 Å². The molecule has 0 spiro atoms. The first-order valence-corrected chi connectivity index (χ1v) is 8.29. The SMILES string of the molecule is N#Cc1ccc(CN2CCC(N3CCCCC3)C2)c(Cl)c1. The van der Waals surface area contributed by atoms with Gasteiger partial charge >= 0.3 is 0 Å². The Balaban J connectivity index is 1.58. The highest BCUT2D eigenvalue weighted by Gasteiger charge is 2.28. The maximum absolute atomic E-state index is 8.89. The summed E-state index contributed by atoms with van der Waals surface area (Å²) in [5, 5.41) is 9.61. The summed E-state index contributed by atoms with van der Waals surface area (Å²) in [4.78, 5) is 5.16. The normalized spacial score (nSPS) is 24.1. The maximum Gasteiger partial charge on any atom is 0.0992 e. The van der Waals surface area contributed by atoms with Gasteiger partial charge in [-0.15, -0.1) is 0 Å². The molecule has 2 aliphatic rings.